The molecule has 2 aromatic carbocycles. The highest BCUT2D eigenvalue weighted by molar-refractivity contribution is 6.35. The molecule has 1 heterocycles. The molecule has 1 amide bonds. The zero-order valence-corrected chi connectivity index (χ0v) is 16.2. The molecular formula is C21H22Cl2N2O. The number of para-hydroxylation sites is 2. The molecule has 3 rings (SSSR count). The second-order valence-corrected chi connectivity index (χ2v) is 7.52. The summed E-state index contributed by atoms with van der Waals surface area (Å²) in [5, 5.41) is 4.07. The van der Waals surface area contributed by atoms with Crippen LogP contribution in [0.15, 0.2) is 48.5 Å². The Morgan fingerprint density at radius 3 is 2.62 bits per heavy atom. The van der Waals surface area contributed by atoms with Gasteiger partial charge in [0.15, 0.2) is 0 Å². The van der Waals surface area contributed by atoms with Crippen LogP contribution in [-0.2, 0) is 4.79 Å². The predicted octanol–water partition coefficient (Wildman–Crippen LogP) is 5.88. The summed E-state index contributed by atoms with van der Waals surface area (Å²) in [6.07, 6.45) is 5.54. The Bertz CT molecular complexity index is 811. The third-order valence-electron chi connectivity index (χ3n) is 4.66. The standard InChI is InChI=1S/C21H22Cl2N2O/c1-15-10-12-25(13-11-15)20-5-3-2-4-19(20)24-21(26)9-7-16-6-8-17(22)14-18(16)23/h2-9,14-15H,10-13H2,1H3,(H,24,26). The van der Waals surface area contributed by atoms with E-state index in [1.54, 1.807) is 24.3 Å². The normalized spacial score (nSPS) is 15.4. The molecule has 0 saturated carbocycles. The second-order valence-electron chi connectivity index (χ2n) is 6.68. The monoisotopic (exact) mass is 388 g/mol. The van der Waals surface area contributed by atoms with Gasteiger partial charge in [-0.05, 0) is 54.7 Å². The summed E-state index contributed by atoms with van der Waals surface area (Å²) in [5.41, 5.74) is 2.66. The first kappa shape index (κ1) is 18.8. The largest absolute Gasteiger partial charge is 0.370 e. The molecule has 26 heavy (non-hydrogen) atoms. The van der Waals surface area contributed by atoms with Gasteiger partial charge < -0.3 is 10.2 Å². The van der Waals surface area contributed by atoms with E-state index >= 15 is 0 Å². The van der Waals surface area contributed by atoms with E-state index in [9.17, 15) is 4.79 Å². The average molecular weight is 389 g/mol. The molecule has 0 unspecified atom stereocenters. The summed E-state index contributed by atoms with van der Waals surface area (Å²) in [5.74, 6) is 0.578. The van der Waals surface area contributed by atoms with E-state index in [1.165, 1.54) is 18.9 Å². The van der Waals surface area contributed by atoms with Gasteiger partial charge in [-0.3, -0.25) is 4.79 Å². The highest BCUT2D eigenvalue weighted by atomic mass is 35.5. The smallest absolute Gasteiger partial charge is 0.248 e. The van der Waals surface area contributed by atoms with Crippen molar-refractivity contribution in [1.82, 2.24) is 0 Å². The van der Waals surface area contributed by atoms with Gasteiger partial charge in [0.05, 0.1) is 11.4 Å². The maximum atomic E-state index is 12.4. The van der Waals surface area contributed by atoms with E-state index in [1.807, 2.05) is 18.2 Å². The van der Waals surface area contributed by atoms with Crippen LogP contribution in [0.4, 0.5) is 11.4 Å². The van der Waals surface area contributed by atoms with Crippen molar-refractivity contribution in [3.05, 3.63) is 64.1 Å². The van der Waals surface area contributed by atoms with Crippen molar-refractivity contribution in [2.75, 3.05) is 23.3 Å². The molecule has 1 saturated heterocycles. The lowest BCUT2D eigenvalue weighted by Gasteiger charge is -2.33. The number of piperidine rings is 1. The molecule has 136 valence electrons. The van der Waals surface area contributed by atoms with Gasteiger partial charge in [-0.2, -0.15) is 0 Å². The summed E-state index contributed by atoms with van der Waals surface area (Å²) >= 11 is 12.0. The number of rotatable bonds is 4. The molecule has 0 bridgehead atoms. The molecule has 1 aliphatic heterocycles. The van der Waals surface area contributed by atoms with Crippen LogP contribution in [-0.4, -0.2) is 19.0 Å². The Labute approximate surface area is 164 Å². The highest BCUT2D eigenvalue weighted by Crippen LogP contribution is 2.29. The maximum absolute atomic E-state index is 12.4. The summed E-state index contributed by atoms with van der Waals surface area (Å²) in [4.78, 5) is 14.7. The molecule has 1 fully saturated rings. The molecular weight excluding hydrogens is 367 g/mol. The fourth-order valence-electron chi connectivity index (χ4n) is 3.08. The average Bonchev–Trinajstić information content (AvgIpc) is 2.62. The van der Waals surface area contributed by atoms with Crippen molar-refractivity contribution in [2.45, 2.75) is 19.8 Å². The van der Waals surface area contributed by atoms with Crippen LogP contribution in [0.3, 0.4) is 0 Å². The Hall–Kier alpha value is -1.97. The first-order chi connectivity index (χ1) is 12.5. The number of halogens is 2. The van der Waals surface area contributed by atoms with E-state index in [4.69, 9.17) is 23.2 Å². The Morgan fingerprint density at radius 1 is 1.15 bits per heavy atom. The Morgan fingerprint density at radius 2 is 1.88 bits per heavy atom. The van der Waals surface area contributed by atoms with Crippen molar-refractivity contribution in [2.24, 2.45) is 5.92 Å². The molecule has 0 aliphatic carbocycles. The SMILES string of the molecule is CC1CCN(c2ccccc2NC(=O)C=Cc2ccc(Cl)cc2Cl)CC1. The number of carbonyl (C=O) groups excluding carboxylic acids is 1. The number of anilines is 2. The minimum absolute atomic E-state index is 0.186. The minimum Gasteiger partial charge on any atom is -0.370 e. The van der Waals surface area contributed by atoms with Crippen LogP contribution in [0, 0.1) is 5.92 Å². The van der Waals surface area contributed by atoms with Crippen molar-refractivity contribution in [3.8, 4) is 0 Å². The number of nitrogens with zero attached hydrogens (tertiary/aromatic N) is 1. The van der Waals surface area contributed by atoms with E-state index in [0.29, 0.717) is 10.0 Å². The molecule has 0 spiro atoms. The first-order valence-corrected chi connectivity index (χ1v) is 9.56. The van der Waals surface area contributed by atoms with E-state index in [0.717, 1.165) is 35.9 Å². The Kier molecular flexibility index (Phi) is 6.23. The number of benzene rings is 2. The van der Waals surface area contributed by atoms with Gasteiger partial charge in [0.1, 0.15) is 0 Å². The topological polar surface area (TPSA) is 32.3 Å². The minimum atomic E-state index is -0.186. The third-order valence-corrected chi connectivity index (χ3v) is 5.23. The Balaban J connectivity index is 1.70. The molecule has 0 radical (unpaired) electrons. The van der Waals surface area contributed by atoms with E-state index < -0.39 is 0 Å². The van der Waals surface area contributed by atoms with Gasteiger partial charge in [-0.1, -0.05) is 48.3 Å². The molecule has 1 aliphatic rings. The molecule has 2 aromatic rings. The van der Waals surface area contributed by atoms with Crippen LogP contribution in [0.2, 0.25) is 10.0 Å². The lowest BCUT2D eigenvalue weighted by atomic mass is 9.98. The van der Waals surface area contributed by atoms with E-state index in [-0.39, 0.29) is 5.91 Å². The van der Waals surface area contributed by atoms with Crippen molar-refractivity contribution >= 4 is 46.6 Å². The zero-order chi connectivity index (χ0) is 18.5. The lowest BCUT2D eigenvalue weighted by Crippen LogP contribution is -2.33. The quantitative estimate of drug-likeness (QED) is 0.662. The number of amides is 1. The number of carbonyl (C=O) groups is 1. The second kappa shape index (κ2) is 8.61. The third kappa shape index (κ3) is 4.80. The first-order valence-electron chi connectivity index (χ1n) is 8.81. The van der Waals surface area contributed by atoms with Crippen LogP contribution in [0.5, 0.6) is 0 Å². The van der Waals surface area contributed by atoms with Crippen molar-refractivity contribution < 1.29 is 4.79 Å². The van der Waals surface area contributed by atoms with Crippen LogP contribution >= 0.6 is 23.2 Å². The lowest BCUT2D eigenvalue weighted by molar-refractivity contribution is -0.111. The fraction of sp³-hybridized carbons (Fsp3) is 0.286. The summed E-state index contributed by atoms with van der Waals surface area (Å²) in [6, 6.07) is 13.1. The van der Waals surface area contributed by atoms with Gasteiger partial charge >= 0.3 is 0 Å². The van der Waals surface area contributed by atoms with Gasteiger partial charge in [0, 0.05) is 29.2 Å². The molecule has 0 atom stereocenters. The number of hydrogen-bond donors (Lipinski definition) is 1. The number of hydrogen-bond acceptors (Lipinski definition) is 2. The predicted molar refractivity (Wildman–Crippen MR) is 111 cm³/mol. The highest BCUT2D eigenvalue weighted by Gasteiger charge is 2.18. The van der Waals surface area contributed by atoms with Gasteiger partial charge in [0.25, 0.3) is 0 Å². The summed E-state index contributed by atoms with van der Waals surface area (Å²) < 4.78 is 0. The van der Waals surface area contributed by atoms with Crippen LogP contribution < -0.4 is 10.2 Å². The maximum Gasteiger partial charge on any atom is 0.248 e. The van der Waals surface area contributed by atoms with Gasteiger partial charge in [0.2, 0.25) is 5.91 Å². The van der Waals surface area contributed by atoms with Gasteiger partial charge in [-0.25, -0.2) is 0 Å². The molecule has 3 nitrogen and oxygen atoms in total. The molecule has 0 aromatic heterocycles. The van der Waals surface area contributed by atoms with Gasteiger partial charge in [-0.15, -0.1) is 0 Å². The zero-order valence-electron chi connectivity index (χ0n) is 14.7. The number of nitrogens with one attached hydrogen (secondary N) is 1. The summed E-state index contributed by atoms with van der Waals surface area (Å²) in [6.45, 7) is 4.33. The van der Waals surface area contributed by atoms with Crippen LogP contribution in [0.1, 0.15) is 25.3 Å². The fourth-order valence-corrected chi connectivity index (χ4v) is 3.55. The van der Waals surface area contributed by atoms with Crippen molar-refractivity contribution in [1.29, 1.82) is 0 Å². The van der Waals surface area contributed by atoms with Crippen molar-refractivity contribution in [3.63, 3.8) is 0 Å². The van der Waals surface area contributed by atoms with Crippen LogP contribution in [0.25, 0.3) is 6.08 Å². The molecule has 1 N–H and O–H groups in total. The van der Waals surface area contributed by atoms with E-state index in [2.05, 4.69) is 23.2 Å². The molecule has 5 heteroatoms. The summed E-state index contributed by atoms with van der Waals surface area (Å²) in [7, 11) is 0.